The van der Waals surface area contributed by atoms with Crippen LogP contribution in [0.3, 0.4) is 0 Å². The van der Waals surface area contributed by atoms with Gasteiger partial charge in [-0.15, -0.1) is 0 Å². The van der Waals surface area contributed by atoms with E-state index in [0.717, 1.165) is 17.4 Å². The number of allylic oxidation sites excluding steroid dienone is 1. The first-order valence-corrected chi connectivity index (χ1v) is 4.55. The van der Waals surface area contributed by atoms with E-state index in [4.69, 9.17) is 4.74 Å². The monoisotopic (exact) mass is 190 g/mol. The molecular weight excluding hydrogens is 176 g/mol. The van der Waals surface area contributed by atoms with Crippen LogP contribution in [0.25, 0.3) is 0 Å². The number of aldehydes is 1. The zero-order valence-electron chi connectivity index (χ0n) is 8.27. The van der Waals surface area contributed by atoms with Gasteiger partial charge in [-0.1, -0.05) is 30.3 Å². The van der Waals surface area contributed by atoms with E-state index in [9.17, 15) is 4.79 Å². The summed E-state index contributed by atoms with van der Waals surface area (Å²) in [5.41, 5.74) is 2.09. The van der Waals surface area contributed by atoms with E-state index in [-0.39, 0.29) is 0 Å². The highest BCUT2D eigenvalue weighted by atomic mass is 16.5. The molecule has 0 bridgehead atoms. The molecule has 0 aliphatic heterocycles. The van der Waals surface area contributed by atoms with Crippen molar-refractivity contribution in [2.24, 2.45) is 0 Å². The highest BCUT2D eigenvalue weighted by Gasteiger charge is 1.92. The minimum absolute atomic E-state index is 0.508. The average molecular weight is 190 g/mol. The third kappa shape index (κ3) is 4.01. The summed E-state index contributed by atoms with van der Waals surface area (Å²) in [7, 11) is 0. The minimum atomic E-state index is 0.508. The summed E-state index contributed by atoms with van der Waals surface area (Å²) in [5.74, 6) is 0. The van der Waals surface area contributed by atoms with Crippen LogP contribution in [0.2, 0.25) is 0 Å². The van der Waals surface area contributed by atoms with Crippen molar-refractivity contribution in [1.82, 2.24) is 0 Å². The van der Waals surface area contributed by atoms with E-state index in [1.807, 2.05) is 37.3 Å². The molecule has 14 heavy (non-hydrogen) atoms. The molecular formula is C12H14O2. The Hall–Kier alpha value is -1.41. The average Bonchev–Trinajstić information content (AvgIpc) is 2.20. The molecule has 0 spiro atoms. The fourth-order valence-corrected chi connectivity index (χ4v) is 1.07. The Morgan fingerprint density at radius 3 is 2.71 bits per heavy atom. The van der Waals surface area contributed by atoms with Gasteiger partial charge >= 0.3 is 0 Å². The van der Waals surface area contributed by atoms with Crippen molar-refractivity contribution in [3.05, 3.63) is 47.5 Å². The Balaban J connectivity index is 2.29. The number of hydrogen-bond donors (Lipinski definition) is 0. The highest BCUT2D eigenvalue weighted by molar-refractivity contribution is 5.65. The van der Waals surface area contributed by atoms with E-state index < -0.39 is 0 Å². The second-order valence-corrected chi connectivity index (χ2v) is 3.13. The van der Waals surface area contributed by atoms with Gasteiger partial charge in [0.25, 0.3) is 0 Å². The van der Waals surface area contributed by atoms with Gasteiger partial charge in [0.1, 0.15) is 6.29 Å². The number of carbonyl (C=O) groups is 1. The van der Waals surface area contributed by atoms with E-state index in [2.05, 4.69) is 0 Å². The number of carbonyl (C=O) groups excluding carboxylic acids is 1. The maximum Gasteiger partial charge on any atom is 0.142 e. The molecule has 2 heteroatoms. The molecule has 74 valence electrons. The summed E-state index contributed by atoms with van der Waals surface area (Å²) in [6, 6.07) is 9.96. The summed E-state index contributed by atoms with van der Waals surface area (Å²) in [6.45, 7) is 2.97. The van der Waals surface area contributed by atoms with Crippen molar-refractivity contribution < 1.29 is 9.53 Å². The molecule has 0 aliphatic carbocycles. The molecule has 1 aromatic carbocycles. The maximum absolute atomic E-state index is 10.1. The van der Waals surface area contributed by atoms with Crippen molar-refractivity contribution in [2.75, 3.05) is 6.61 Å². The summed E-state index contributed by atoms with van der Waals surface area (Å²) >= 11 is 0. The molecule has 1 aromatic rings. The van der Waals surface area contributed by atoms with E-state index in [1.54, 1.807) is 0 Å². The smallest absolute Gasteiger partial charge is 0.142 e. The predicted molar refractivity (Wildman–Crippen MR) is 55.9 cm³/mol. The SMILES string of the molecule is C/C(=C\C=O)COCc1ccccc1. The van der Waals surface area contributed by atoms with Gasteiger partial charge in [-0.3, -0.25) is 4.79 Å². The molecule has 0 heterocycles. The predicted octanol–water partition coefficient (Wildman–Crippen LogP) is 2.35. The van der Waals surface area contributed by atoms with Crippen LogP contribution in [0.15, 0.2) is 42.0 Å². The molecule has 0 radical (unpaired) electrons. The summed E-state index contributed by atoms with van der Waals surface area (Å²) in [6.07, 6.45) is 2.30. The van der Waals surface area contributed by atoms with Gasteiger partial charge in [-0.05, 0) is 24.1 Å². The molecule has 0 N–H and O–H groups in total. The molecule has 0 aromatic heterocycles. The van der Waals surface area contributed by atoms with Crippen LogP contribution in [0.1, 0.15) is 12.5 Å². The lowest BCUT2D eigenvalue weighted by atomic mass is 10.2. The largest absolute Gasteiger partial charge is 0.372 e. The first-order valence-electron chi connectivity index (χ1n) is 4.55. The second-order valence-electron chi connectivity index (χ2n) is 3.13. The standard InChI is InChI=1S/C12H14O2/c1-11(7-8-13)9-14-10-12-5-3-2-4-6-12/h2-8H,9-10H2,1H3/b11-7+. The van der Waals surface area contributed by atoms with Crippen LogP contribution < -0.4 is 0 Å². The Morgan fingerprint density at radius 1 is 1.36 bits per heavy atom. The zero-order chi connectivity index (χ0) is 10.2. The fraction of sp³-hybridized carbons (Fsp3) is 0.250. The minimum Gasteiger partial charge on any atom is -0.372 e. The molecule has 0 amide bonds. The molecule has 1 rings (SSSR count). The lowest BCUT2D eigenvalue weighted by Crippen LogP contribution is -1.96. The van der Waals surface area contributed by atoms with Crippen LogP contribution in [-0.2, 0) is 16.1 Å². The van der Waals surface area contributed by atoms with Crippen molar-refractivity contribution in [2.45, 2.75) is 13.5 Å². The van der Waals surface area contributed by atoms with E-state index in [1.165, 1.54) is 6.08 Å². The number of benzene rings is 1. The van der Waals surface area contributed by atoms with Gasteiger partial charge in [0.05, 0.1) is 13.2 Å². The first-order chi connectivity index (χ1) is 6.83. The van der Waals surface area contributed by atoms with Gasteiger partial charge < -0.3 is 4.74 Å². The second kappa shape index (κ2) is 6.11. The van der Waals surface area contributed by atoms with Crippen LogP contribution >= 0.6 is 0 Å². The van der Waals surface area contributed by atoms with E-state index >= 15 is 0 Å². The van der Waals surface area contributed by atoms with Crippen LogP contribution in [0, 0.1) is 0 Å². The topological polar surface area (TPSA) is 26.3 Å². The Kier molecular flexibility index (Phi) is 4.65. The van der Waals surface area contributed by atoms with Gasteiger partial charge in [0.15, 0.2) is 0 Å². The number of hydrogen-bond acceptors (Lipinski definition) is 2. The summed E-state index contributed by atoms with van der Waals surface area (Å²) in [4.78, 5) is 10.1. The van der Waals surface area contributed by atoms with Crippen molar-refractivity contribution >= 4 is 6.29 Å². The van der Waals surface area contributed by atoms with Gasteiger partial charge in [0, 0.05) is 0 Å². The first kappa shape index (κ1) is 10.7. The molecule has 0 fully saturated rings. The fourth-order valence-electron chi connectivity index (χ4n) is 1.07. The highest BCUT2D eigenvalue weighted by Crippen LogP contribution is 2.02. The molecule has 0 saturated heterocycles. The number of rotatable bonds is 5. The van der Waals surface area contributed by atoms with Crippen LogP contribution in [0.4, 0.5) is 0 Å². The van der Waals surface area contributed by atoms with Gasteiger partial charge in [-0.25, -0.2) is 0 Å². The third-order valence-electron chi connectivity index (χ3n) is 1.79. The van der Waals surface area contributed by atoms with Gasteiger partial charge in [0.2, 0.25) is 0 Å². The summed E-state index contributed by atoms with van der Waals surface area (Å²) < 4.78 is 5.41. The van der Waals surface area contributed by atoms with Crippen molar-refractivity contribution in [3.63, 3.8) is 0 Å². The Morgan fingerprint density at radius 2 is 2.07 bits per heavy atom. The summed E-state index contributed by atoms with van der Waals surface area (Å²) in [5, 5.41) is 0. The maximum atomic E-state index is 10.1. The molecule has 0 saturated carbocycles. The van der Waals surface area contributed by atoms with Gasteiger partial charge in [-0.2, -0.15) is 0 Å². The van der Waals surface area contributed by atoms with E-state index in [0.29, 0.717) is 13.2 Å². The Labute approximate surface area is 84.2 Å². The lowest BCUT2D eigenvalue weighted by molar-refractivity contribution is -0.104. The molecule has 0 aliphatic rings. The third-order valence-corrected chi connectivity index (χ3v) is 1.79. The van der Waals surface area contributed by atoms with Crippen molar-refractivity contribution in [3.8, 4) is 0 Å². The lowest BCUT2D eigenvalue weighted by Gasteiger charge is -2.03. The normalized spacial score (nSPS) is 11.4. The Bertz CT molecular complexity index is 301. The number of ether oxygens (including phenoxy) is 1. The zero-order valence-corrected chi connectivity index (χ0v) is 8.27. The van der Waals surface area contributed by atoms with Crippen LogP contribution in [-0.4, -0.2) is 12.9 Å². The van der Waals surface area contributed by atoms with Crippen molar-refractivity contribution in [1.29, 1.82) is 0 Å². The molecule has 0 unspecified atom stereocenters. The van der Waals surface area contributed by atoms with Crippen LogP contribution in [0.5, 0.6) is 0 Å². The molecule has 0 atom stereocenters. The molecule has 2 nitrogen and oxygen atoms in total. The quantitative estimate of drug-likeness (QED) is 0.526.